The molecule has 1 aromatic rings. The van der Waals surface area contributed by atoms with Crippen molar-refractivity contribution in [3.8, 4) is 0 Å². The number of ether oxygens (including phenoxy) is 1. The van der Waals surface area contributed by atoms with E-state index < -0.39 is 17.7 Å². The monoisotopic (exact) mass is 319 g/mol. The Hall–Kier alpha value is -2.11. The van der Waals surface area contributed by atoms with Crippen molar-refractivity contribution in [1.29, 1.82) is 0 Å². The highest BCUT2D eigenvalue weighted by Crippen LogP contribution is 2.22. The van der Waals surface area contributed by atoms with Crippen LogP contribution in [0.15, 0.2) is 24.5 Å². The minimum atomic E-state index is -0.564. The van der Waals surface area contributed by atoms with Crippen molar-refractivity contribution in [2.24, 2.45) is 0 Å². The fourth-order valence-electron chi connectivity index (χ4n) is 2.62. The summed E-state index contributed by atoms with van der Waals surface area (Å²) in [6, 6.07) is 3.14. The Kier molecular flexibility index (Phi) is 5.23. The Bertz CT molecular complexity index is 554. The molecule has 1 fully saturated rings. The zero-order chi connectivity index (χ0) is 17.0. The first-order valence-electron chi connectivity index (χ1n) is 7.98. The van der Waals surface area contributed by atoms with Gasteiger partial charge < -0.3 is 10.1 Å². The van der Waals surface area contributed by atoms with Crippen molar-refractivity contribution in [1.82, 2.24) is 15.2 Å². The molecule has 0 spiro atoms. The molecule has 6 nitrogen and oxygen atoms in total. The molecule has 6 heteroatoms. The molecule has 1 aromatic heterocycles. The van der Waals surface area contributed by atoms with Gasteiger partial charge in [0.25, 0.3) is 0 Å². The fraction of sp³-hybridized carbons (Fsp3) is 0.588. The van der Waals surface area contributed by atoms with Crippen LogP contribution in [0.4, 0.5) is 4.79 Å². The van der Waals surface area contributed by atoms with Crippen LogP contribution in [0, 0.1) is 0 Å². The third-order valence-electron chi connectivity index (χ3n) is 3.75. The summed E-state index contributed by atoms with van der Waals surface area (Å²) in [6.07, 6.45) is 4.43. The Morgan fingerprint density at radius 3 is 2.61 bits per heavy atom. The quantitative estimate of drug-likeness (QED) is 0.929. The molecule has 0 bridgehead atoms. The average Bonchev–Trinajstić information content (AvgIpc) is 2.96. The van der Waals surface area contributed by atoms with Crippen molar-refractivity contribution in [2.45, 2.75) is 58.2 Å². The Balaban J connectivity index is 1.99. The van der Waals surface area contributed by atoms with E-state index in [0.717, 1.165) is 12.0 Å². The van der Waals surface area contributed by atoms with Gasteiger partial charge in [-0.05, 0) is 58.2 Å². The van der Waals surface area contributed by atoms with Crippen LogP contribution < -0.4 is 5.32 Å². The van der Waals surface area contributed by atoms with Gasteiger partial charge in [0.05, 0.1) is 6.04 Å². The molecule has 0 radical (unpaired) electrons. The van der Waals surface area contributed by atoms with E-state index in [1.807, 2.05) is 39.8 Å². The zero-order valence-electron chi connectivity index (χ0n) is 14.2. The molecule has 23 heavy (non-hydrogen) atoms. The normalized spacial score (nSPS) is 19.3. The van der Waals surface area contributed by atoms with Gasteiger partial charge in [-0.15, -0.1) is 0 Å². The van der Waals surface area contributed by atoms with Gasteiger partial charge in [0.2, 0.25) is 5.91 Å². The number of likely N-dealkylation sites (tertiary alicyclic amines) is 1. The summed E-state index contributed by atoms with van der Waals surface area (Å²) in [5, 5.41) is 2.97. The van der Waals surface area contributed by atoms with E-state index in [4.69, 9.17) is 4.74 Å². The molecule has 2 amide bonds. The average molecular weight is 319 g/mol. The summed E-state index contributed by atoms with van der Waals surface area (Å²) < 4.78 is 5.39. The smallest absolute Gasteiger partial charge is 0.410 e. The van der Waals surface area contributed by atoms with E-state index in [-0.39, 0.29) is 11.9 Å². The van der Waals surface area contributed by atoms with Gasteiger partial charge in [-0.1, -0.05) is 0 Å². The number of pyridine rings is 1. The van der Waals surface area contributed by atoms with Gasteiger partial charge >= 0.3 is 6.09 Å². The third kappa shape index (κ3) is 4.68. The first-order valence-corrected chi connectivity index (χ1v) is 7.98. The molecule has 2 rings (SSSR count). The SMILES string of the molecule is CC(NC(=O)C1CCCN1C(=O)OC(C)(C)C)c1ccncc1. The van der Waals surface area contributed by atoms with Crippen LogP contribution in [-0.4, -0.2) is 40.1 Å². The number of carbonyl (C=O) groups excluding carboxylic acids is 2. The molecule has 1 aliphatic rings. The maximum Gasteiger partial charge on any atom is 0.410 e. The molecule has 2 unspecified atom stereocenters. The number of carbonyl (C=O) groups is 2. The summed E-state index contributed by atoms with van der Waals surface area (Å²) >= 11 is 0. The molecule has 0 saturated carbocycles. The summed E-state index contributed by atoms with van der Waals surface area (Å²) in [5.74, 6) is -0.141. The van der Waals surface area contributed by atoms with E-state index >= 15 is 0 Å². The second-order valence-corrected chi connectivity index (χ2v) is 6.84. The van der Waals surface area contributed by atoms with E-state index in [2.05, 4.69) is 10.3 Å². The molecule has 0 aromatic carbocycles. The number of hydrogen-bond acceptors (Lipinski definition) is 4. The first kappa shape index (κ1) is 17.2. The first-order chi connectivity index (χ1) is 10.8. The number of aromatic nitrogens is 1. The number of rotatable bonds is 3. The van der Waals surface area contributed by atoms with Crippen LogP contribution in [0.5, 0.6) is 0 Å². The predicted molar refractivity (Wildman–Crippen MR) is 86.8 cm³/mol. The van der Waals surface area contributed by atoms with Gasteiger partial charge in [-0.25, -0.2) is 4.79 Å². The highest BCUT2D eigenvalue weighted by atomic mass is 16.6. The summed E-state index contributed by atoms with van der Waals surface area (Å²) in [5.41, 5.74) is 0.417. The molecule has 126 valence electrons. The van der Waals surface area contributed by atoms with Crippen LogP contribution in [0.3, 0.4) is 0 Å². The van der Waals surface area contributed by atoms with Crippen molar-refractivity contribution in [3.05, 3.63) is 30.1 Å². The van der Waals surface area contributed by atoms with Crippen LogP contribution in [-0.2, 0) is 9.53 Å². The molecular weight excluding hydrogens is 294 g/mol. The molecule has 2 heterocycles. The predicted octanol–water partition coefficient (Wildman–Crippen LogP) is 2.66. The van der Waals surface area contributed by atoms with E-state index in [9.17, 15) is 9.59 Å². The maximum atomic E-state index is 12.5. The Morgan fingerprint density at radius 1 is 1.35 bits per heavy atom. The molecule has 0 aliphatic carbocycles. The molecule has 1 saturated heterocycles. The van der Waals surface area contributed by atoms with Crippen molar-refractivity contribution in [3.63, 3.8) is 0 Å². The standard InChI is InChI=1S/C17H25N3O3/c1-12(13-7-9-18-10-8-13)19-15(21)14-6-5-11-20(14)16(22)23-17(2,3)4/h7-10,12,14H,5-6,11H2,1-4H3,(H,19,21). The fourth-order valence-corrected chi connectivity index (χ4v) is 2.62. The maximum absolute atomic E-state index is 12.5. The topological polar surface area (TPSA) is 71.5 Å². The van der Waals surface area contributed by atoms with Crippen molar-refractivity contribution in [2.75, 3.05) is 6.54 Å². The summed E-state index contributed by atoms with van der Waals surface area (Å²) in [6.45, 7) is 7.93. The minimum absolute atomic E-state index is 0.133. The van der Waals surface area contributed by atoms with E-state index in [1.54, 1.807) is 12.4 Å². The van der Waals surface area contributed by atoms with E-state index in [0.29, 0.717) is 13.0 Å². The number of hydrogen-bond donors (Lipinski definition) is 1. The molecule has 1 N–H and O–H groups in total. The van der Waals surface area contributed by atoms with Crippen LogP contribution in [0.2, 0.25) is 0 Å². The van der Waals surface area contributed by atoms with E-state index in [1.165, 1.54) is 4.90 Å². The number of nitrogens with zero attached hydrogens (tertiary/aromatic N) is 2. The van der Waals surface area contributed by atoms with Gasteiger partial charge in [-0.2, -0.15) is 0 Å². The van der Waals surface area contributed by atoms with Gasteiger partial charge in [0, 0.05) is 18.9 Å². The second-order valence-electron chi connectivity index (χ2n) is 6.84. The lowest BCUT2D eigenvalue weighted by molar-refractivity contribution is -0.126. The van der Waals surface area contributed by atoms with Crippen LogP contribution >= 0.6 is 0 Å². The summed E-state index contributed by atoms with van der Waals surface area (Å²) in [4.78, 5) is 30.3. The largest absolute Gasteiger partial charge is 0.444 e. The number of amides is 2. The molecule has 1 aliphatic heterocycles. The highest BCUT2D eigenvalue weighted by Gasteiger charge is 2.36. The Labute approximate surface area is 137 Å². The minimum Gasteiger partial charge on any atom is -0.444 e. The van der Waals surface area contributed by atoms with Gasteiger partial charge in [0.1, 0.15) is 11.6 Å². The van der Waals surface area contributed by atoms with Crippen molar-refractivity contribution < 1.29 is 14.3 Å². The lowest BCUT2D eigenvalue weighted by Gasteiger charge is -2.28. The van der Waals surface area contributed by atoms with Crippen LogP contribution in [0.1, 0.15) is 52.1 Å². The highest BCUT2D eigenvalue weighted by molar-refractivity contribution is 5.86. The lowest BCUT2D eigenvalue weighted by atomic mass is 10.1. The van der Waals surface area contributed by atoms with Crippen LogP contribution in [0.25, 0.3) is 0 Å². The van der Waals surface area contributed by atoms with Gasteiger partial charge in [0.15, 0.2) is 0 Å². The summed E-state index contributed by atoms with van der Waals surface area (Å²) in [7, 11) is 0. The number of nitrogens with one attached hydrogen (secondary N) is 1. The van der Waals surface area contributed by atoms with Gasteiger partial charge in [-0.3, -0.25) is 14.7 Å². The van der Waals surface area contributed by atoms with Crippen molar-refractivity contribution >= 4 is 12.0 Å². The Morgan fingerprint density at radius 2 is 2.00 bits per heavy atom. The molecular formula is C17H25N3O3. The lowest BCUT2D eigenvalue weighted by Crippen LogP contribution is -2.48. The molecule has 2 atom stereocenters. The zero-order valence-corrected chi connectivity index (χ0v) is 14.2. The second kappa shape index (κ2) is 6.98. The third-order valence-corrected chi connectivity index (χ3v) is 3.75.